The van der Waals surface area contributed by atoms with Crippen molar-refractivity contribution < 1.29 is 0 Å². The van der Waals surface area contributed by atoms with Gasteiger partial charge in [0.25, 0.3) is 0 Å². The number of hydrogen-bond acceptors (Lipinski definition) is 5. The van der Waals surface area contributed by atoms with E-state index in [0.29, 0.717) is 0 Å². The monoisotopic (exact) mass is 369 g/mol. The first-order valence-electron chi connectivity index (χ1n) is 5.40. The Hall–Kier alpha value is -1.13. The van der Waals surface area contributed by atoms with Crippen LogP contribution in [0.2, 0.25) is 0 Å². The van der Waals surface area contributed by atoms with E-state index in [1.807, 2.05) is 6.92 Å². The Balaban J connectivity index is 2.40. The Labute approximate surface area is 114 Å². The predicted octanol–water partition coefficient (Wildman–Crippen LogP) is 0.852. The first kappa shape index (κ1) is 10.8. The van der Waals surface area contributed by atoms with Crippen LogP contribution in [-0.2, 0) is 0 Å². The molecule has 0 aliphatic carbocycles. The molecule has 0 aliphatic rings. The van der Waals surface area contributed by atoms with Gasteiger partial charge in [0.05, 0.1) is 0 Å². The topological polar surface area (TPSA) is 64.5 Å². The average Bonchev–Trinajstić information content (AvgIpc) is 2.98. The van der Waals surface area contributed by atoms with E-state index in [9.17, 15) is 0 Å². The number of rotatable bonds is 0. The number of nitrogens with zero attached hydrogens (tertiary/aromatic N) is 5. The summed E-state index contributed by atoms with van der Waals surface area (Å²) in [6.45, 7) is 4.09. The van der Waals surface area contributed by atoms with E-state index in [2.05, 4.69) is 31.4 Å². The molecule has 88 valence electrons. The Bertz CT molecular complexity index is 832. The SMILES string of the molecule is Cc1nc2c(cc(C)c3nn[se]c32)c2[se]nnc12. The zero-order chi connectivity index (χ0) is 12.3. The maximum absolute atomic E-state index is 4.71. The second-order valence-electron chi connectivity index (χ2n) is 4.19. The van der Waals surface area contributed by atoms with E-state index in [-0.39, 0.29) is 29.5 Å². The number of pyridine rings is 1. The van der Waals surface area contributed by atoms with Crippen molar-refractivity contribution in [3.05, 3.63) is 17.3 Å². The Morgan fingerprint density at radius 2 is 1.61 bits per heavy atom. The van der Waals surface area contributed by atoms with E-state index in [4.69, 9.17) is 4.98 Å². The summed E-state index contributed by atoms with van der Waals surface area (Å²) in [6.07, 6.45) is 0. The second-order valence-corrected chi connectivity index (χ2v) is 7.35. The van der Waals surface area contributed by atoms with Crippen molar-refractivity contribution in [1.29, 1.82) is 0 Å². The Kier molecular flexibility index (Phi) is 2.20. The van der Waals surface area contributed by atoms with Gasteiger partial charge < -0.3 is 0 Å². The van der Waals surface area contributed by atoms with Gasteiger partial charge >= 0.3 is 114 Å². The zero-order valence-corrected chi connectivity index (χ0v) is 13.1. The van der Waals surface area contributed by atoms with E-state index in [1.165, 1.54) is 19.5 Å². The second kappa shape index (κ2) is 3.68. The fourth-order valence-electron chi connectivity index (χ4n) is 2.19. The number of aromatic nitrogens is 5. The van der Waals surface area contributed by atoms with Crippen molar-refractivity contribution in [2.45, 2.75) is 13.8 Å². The predicted molar refractivity (Wildman–Crippen MR) is 71.3 cm³/mol. The van der Waals surface area contributed by atoms with Gasteiger partial charge in [-0.25, -0.2) is 0 Å². The van der Waals surface area contributed by atoms with Crippen LogP contribution in [0.25, 0.3) is 30.5 Å². The van der Waals surface area contributed by atoms with Crippen molar-refractivity contribution in [2.75, 3.05) is 0 Å². The minimum absolute atomic E-state index is 0.0627. The van der Waals surface area contributed by atoms with Crippen LogP contribution in [0.3, 0.4) is 0 Å². The van der Waals surface area contributed by atoms with E-state index >= 15 is 0 Å². The maximum atomic E-state index is 4.71. The molecule has 0 unspecified atom stereocenters. The van der Waals surface area contributed by atoms with Gasteiger partial charge in [-0.15, -0.1) is 0 Å². The number of aryl methyl sites for hydroxylation is 2. The van der Waals surface area contributed by atoms with Crippen molar-refractivity contribution in [2.24, 2.45) is 0 Å². The van der Waals surface area contributed by atoms with Gasteiger partial charge in [0.2, 0.25) is 0 Å². The summed E-state index contributed by atoms with van der Waals surface area (Å²) in [5.74, 6) is 0. The Morgan fingerprint density at radius 3 is 2.44 bits per heavy atom. The van der Waals surface area contributed by atoms with E-state index in [1.54, 1.807) is 0 Å². The molecule has 3 heterocycles. The van der Waals surface area contributed by atoms with Crippen molar-refractivity contribution in [1.82, 2.24) is 23.4 Å². The van der Waals surface area contributed by atoms with Crippen LogP contribution in [0.5, 0.6) is 0 Å². The summed E-state index contributed by atoms with van der Waals surface area (Å²) >= 11 is 0.148. The summed E-state index contributed by atoms with van der Waals surface area (Å²) in [5, 5.41) is 9.66. The molecule has 7 heteroatoms. The first-order chi connectivity index (χ1) is 8.75. The molecule has 3 aromatic heterocycles. The molecule has 0 amide bonds. The van der Waals surface area contributed by atoms with Gasteiger partial charge in [-0.05, 0) is 0 Å². The molecule has 0 bridgehead atoms. The molecule has 4 aromatic rings. The fourth-order valence-corrected chi connectivity index (χ4v) is 5.27. The number of fused-ring (bicyclic) bond motifs is 5. The number of benzene rings is 1. The minimum atomic E-state index is 0.0627. The summed E-state index contributed by atoms with van der Waals surface area (Å²) in [7, 11) is 0. The molecule has 0 aliphatic heterocycles. The molecule has 0 N–H and O–H groups in total. The van der Waals surface area contributed by atoms with Crippen molar-refractivity contribution in [3.8, 4) is 0 Å². The van der Waals surface area contributed by atoms with Crippen LogP contribution in [0.15, 0.2) is 6.07 Å². The zero-order valence-electron chi connectivity index (χ0n) is 9.63. The standard InChI is InChI=1S/C11H7N5Se2/c1-4-3-6-9(11-7(4)13-15-18-11)12-5(2)8-10(6)17-16-14-8/h3H,1-2H3. The van der Waals surface area contributed by atoms with Gasteiger partial charge in [-0.1, -0.05) is 0 Å². The molecule has 1 aromatic carbocycles. The van der Waals surface area contributed by atoms with Crippen LogP contribution in [0.4, 0.5) is 0 Å². The third-order valence-corrected chi connectivity index (χ3v) is 6.18. The molecule has 5 nitrogen and oxygen atoms in total. The molecular formula is C11H7N5Se2. The van der Waals surface area contributed by atoms with Gasteiger partial charge in [-0.3, -0.25) is 0 Å². The van der Waals surface area contributed by atoms with Gasteiger partial charge in [0.1, 0.15) is 0 Å². The third kappa shape index (κ3) is 1.30. The van der Waals surface area contributed by atoms with Crippen molar-refractivity contribution in [3.63, 3.8) is 0 Å². The summed E-state index contributed by atoms with van der Waals surface area (Å²) in [5.41, 5.74) is 5.20. The number of hydrogen-bond donors (Lipinski definition) is 0. The van der Waals surface area contributed by atoms with E-state index < -0.39 is 0 Å². The van der Waals surface area contributed by atoms with Crippen LogP contribution in [0.1, 0.15) is 11.3 Å². The molecular weight excluding hydrogens is 360 g/mol. The average molecular weight is 367 g/mol. The molecule has 18 heavy (non-hydrogen) atoms. The first-order valence-corrected chi connectivity index (χ1v) is 8.64. The molecule has 0 atom stereocenters. The molecule has 0 spiro atoms. The fraction of sp³-hybridized carbons (Fsp3) is 0.182. The Morgan fingerprint density at radius 1 is 0.889 bits per heavy atom. The molecule has 0 saturated heterocycles. The summed E-state index contributed by atoms with van der Waals surface area (Å²) in [6, 6.07) is 2.16. The van der Waals surface area contributed by atoms with Crippen LogP contribution in [-0.4, -0.2) is 52.8 Å². The molecule has 0 saturated carbocycles. The van der Waals surface area contributed by atoms with Crippen LogP contribution in [0, 0.1) is 13.8 Å². The molecule has 0 fully saturated rings. The third-order valence-electron chi connectivity index (χ3n) is 3.05. The van der Waals surface area contributed by atoms with Crippen molar-refractivity contribution >= 4 is 59.9 Å². The van der Waals surface area contributed by atoms with Gasteiger partial charge in [0, 0.05) is 0 Å². The molecule has 4 rings (SSSR count). The van der Waals surface area contributed by atoms with Gasteiger partial charge in [0.15, 0.2) is 0 Å². The summed E-state index contributed by atoms with van der Waals surface area (Å²) in [4.78, 5) is 4.71. The summed E-state index contributed by atoms with van der Waals surface area (Å²) < 4.78 is 10.9. The van der Waals surface area contributed by atoms with Crippen LogP contribution < -0.4 is 0 Å². The normalized spacial score (nSPS) is 11.9. The van der Waals surface area contributed by atoms with Crippen LogP contribution >= 0.6 is 0 Å². The molecule has 0 radical (unpaired) electrons. The quantitative estimate of drug-likeness (QED) is 0.432. The van der Waals surface area contributed by atoms with E-state index in [0.717, 1.165) is 22.2 Å². The van der Waals surface area contributed by atoms with Gasteiger partial charge in [-0.2, -0.15) is 0 Å².